The smallest absolute Gasteiger partial charge is 0.338 e. The molecule has 43 heavy (non-hydrogen) atoms. The minimum atomic E-state index is -0.547. The third kappa shape index (κ3) is 6.15. The molecule has 1 amide bonds. The number of ether oxygens (including phenoxy) is 7. The number of nitrogens with zero attached hydrogens (tertiary/aromatic N) is 1. The van der Waals surface area contributed by atoms with Crippen LogP contribution in [0.15, 0.2) is 24.3 Å². The van der Waals surface area contributed by atoms with E-state index in [1.807, 2.05) is 4.90 Å². The van der Waals surface area contributed by atoms with Crippen molar-refractivity contribution in [3.63, 3.8) is 0 Å². The minimum Gasteiger partial charge on any atom is -0.493 e. The first kappa shape index (κ1) is 30.6. The third-order valence-electron chi connectivity index (χ3n) is 9.39. The first-order chi connectivity index (χ1) is 20.8. The molecule has 0 N–H and O–H groups in total. The second-order valence-corrected chi connectivity index (χ2v) is 12.1. The Labute approximate surface area is 253 Å². The summed E-state index contributed by atoms with van der Waals surface area (Å²) >= 11 is 0. The van der Waals surface area contributed by atoms with E-state index in [0.29, 0.717) is 46.6 Å². The molecule has 0 saturated heterocycles. The molecule has 6 rings (SSSR count). The summed E-state index contributed by atoms with van der Waals surface area (Å²) in [6.07, 6.45) is 7.36. The standard InChI is InChI=1S/C33H43NO9/c1-37-25-12-23(13-26(38-2)29(25)41-5)31(35)34(19-33-16-20-9-21(17-33)11-22(10-20)18-33)7-8-43-32(36)24-14-27(39-3)30(42-6)28(15-24)40-4/h12-15,20-22H,7-11,16-19H2,1-6H3. The Balaban J connectivity index is 1.38. The number of methoxy groups -OCH3 is 6. The molecule has 4 aliphatic rings. The molecule has 234 valence electrons. The van der Waals surface area contributed by atoms with Gasteiger partial charge in [0.05, 0.1) is 54.8 Å². The van der Waals surface area contributed by atoms with Crippen molar-refractivity contribution in [2.75, 3.05) is 62.4 Å². The molecule has 0 unspecified atom stereocenters. The number of carbonyl (C=O) groups excluding carboxylic acids is 2. The van der Waals surface area contributed by atoms with Crippen molar-refractivity contribution in [1.82, 2.24) is 4.90 Å². The zero-order valence-corrected chi connectivity index (χ0v) is 26.0. The summed E-state index contributed by atoms with van der Waals surface area (Å²) in [5, 5.41) is 0. The highest BCUT2D eigenvalue weighted by molar-refractivity contribution is 5.96. The van der Waals surface area contributed by atoms with Crippen LogP contribution in [0, 0.1) is 23.2 Å². The molecule has 0 atom stereocenters. The van der Waals surface area contributed by atoms with E-state index in [9.17, 15) is 9.59 Å². The van der Waals surface area contributed by atoms with Gasteiger partial charge in [-0.3, -0.25) is 4.79 Å². The molecule has 10 nitrogen and oxygen atoms in total. The van der Waals surface area contributed by atoms with E-state index < -0.39 is 5.97 Å². The van der Waals surface area contributed by atoms with Crippen LogP contribution < -0.4 is 28.4 Å². The largest absolute Gasteiger partial charge is 0.493 e. The van der Waals surface area contributed by atoms with Crippen molar-refractivity contribution < 1.29 is 42.7 Å². The van der Waals surface area contributed by atoms with Gasteiger partial charge in [0.25, 0.3) is 5.91 Å². The maximum absolute atomic E-state index is 14.2. The topological polar surface area (TPSA) is 102 Å². The van der Waals surface area contributed by atoms with Crippen molar-refractivity contribution in [3.05, 3.63) is 35.4 Å². The predicted octanol–water partition coefficient (Wildman–Crippen LogP) is 5.25. The molecule has 2 aromatic carbocycles. The summed E-state index contributed by atoms with van der Waals surface area (Å²) in [5.74, 6) is 3.85. The lowest BCUT2D eigenvalue weighted by atomic mass is 9.49. The van der Waals surface area contributed by atoms with Gasteiger partial charge >= 0.3 is 5.97 Å². The van der Waals surface area contributed by atoms with Gasteiger partial charge in [-0.25, -0.2) is 4.79 Å². The summed E-state index contributed by atoms with van der Waals surface area (Å²) in [7, 11) is 9.07. The molecule has 4 aliphatic carbocycles. The fourth-order valence-corrected chi connectivity index (χ4v) is 8.06. The van der Waals surface area contributed by atoms with E-state index in [2.05, 4.69) is 0 Å². The summed E-state index contributed by atoms with van der Waals surface area (Å²) < 4.78 is 38.4. The summed E-state index contributed by atoms with van der Waals surface area (Å²) in [5.41, 5.74) is 0.777. The number of rotatable bonds is 13. The Kier molecular flexibility index (Phi) is 9.13. The molecule has 0 aromatic heterocycles. The highest BCUT2D eigenvalue weighted by Gasteiger charge is 2.51. The van der Waals surface area contributed by atoms with E-state index in [1.54, 1.807) is 24.3 Å². The molecule has 10 heteroatoms. The summed E-state index contributed by atoms with van der Waals surface area (Å²) in [6, 6.07) is 6.46. The van der Waals surface area contributed by atoms with Crippen molar-refractivity contribution >= 4 is 11.9 Å². The monoisotopic (exact) mass is 597 g/mol. The predicted molar refractivity (Wildman–Crippen MR) is 159 cm³/mol. The average Bonchev–Trinajstić information content (AvgIpc) is 3.01. The maximum atomic E-state index is 14.2. The van der Waals surface area contributed by atoms with Crippen LogP contribution in [0.25, 0.3) is 0 Å². The van der Waals surface area contributed by atoms with Crippen LogP contribution in [0.2, 0.25) is 0 Å². The van der Waals surface area contributed by atoms with Gasteiger partial charge in [0.15, 0.2) is 23.0 Å². The molecule has 0 aliphatic heterocycles. The van der Waals surface area contributed by atoms with Crippen molar-refractivity contribution in [2.24, 2.45) is 23.2 Å². The lowest BCUT2D eigenvalue weighted by molar-refractivity contribution is -0.0664. The number of benzene rings is 2. The Morgan fingerprint density at radius 1 is 0.674 bits per heavy atom. The Morgan fingerprint density at radius 2 is 1.09 bits per heavy atom. The van der Waals surface area contributed by atoms with Crippen LogP contribution in [0.3, 0.4) is 0 Å². The van der Waals surface area contributed by atoms with Gasteiger partial charge in [-0.15, -0.1) is 0 Å². The summed E-state index contributed by atoms with van der Waals surface area (Å²) in [6.45, 7) is 0.888. The first-order valence-electron chi connectivity index (χ1n) is 14.8. The lowest BCUT2D eigenvalue weighted by Crippen LogP contribution is -2.52. The average molecular weight is 598 g/mol. The molecule has 0 heterocycles. The number of hydrogen-bond acceptors (Lipinski definition) is 9. The molecule has 4 saturated carbocycles. The van der Waals surface area contributed by atoms with Gasteiger partial charge in [-0.05, 0) is 86.0 Å². The van der Waals surface area contributed by atoms with Gasteiger partial charge in [-0.2, -0.15) is 0 Å². The van der Waals surface area contributed by atoms with Crippen LogP contribution in [0.4, 0.5) is 0 Å². The number of amides is 1. The number of hydrogen-bond donors (Lipinski definition) is 0. The van der Waals surface area contributed by atoms with E-state index in [4.69, 9.17) is 33.2 Å². The fourth-order valence-electron chi connectivity index (χ4n) is 8.06. The highest BCUT2D eigenvalue weighted by atomic mass is 16.5. The molecule has 4 bridgehead atoms. The Bertz CT molecular complexity index is 1250. The SMILES string of the molecule is COc1cc(C(=O)OCCN(CC23CC4CC(CC(C4)C2)C3)C(=O)c2cc(OC)c(OC)c(OC)c2)cc(OC)c1OC. The van der Waals surface area contributed by atoms with E-state index in [1.165, 1.54) is 61.9 Å². The van der Waals surface area contributed by atoms with Crippen LogP contribution in [0.5, 0.6) is 34.5 Å². The van der Waals surface area contributed by atoms with Crippen molar-refractivity contribution in [1.29, 1.82) is 0 Å². The second kappa shape index (κ2) is 12.8. The van der Waals surface area contributed by atoms with Crippen LogP contribution >= 0.6 is 0 Å². The van der Waals surface area contributed by atoms with Gasteiger partial charge < -0.3 is 38.1 Å². The second-order valence-electron chi connectivity index (χ2n) is 12.1. The van der Waals surface area contributed by atoms with Gasteiger partial charge in [0.1, 0.15) is 6.61 Å². The van der Waals surface area contributed by atoms with Gasteiger partial charge in [0.2, 0.25) is 11.5 Å². The van der Waals surface area contributed by atoms with Gasteiger partial charge in [-0.1, -0.05) is 0 Å². The molecular formula is C33H43NO9. The lowest BCUT2D eigenvalue weighted by Gasteiger charge is -2.57. The van der Waals surface area contributed by atoms with Crippen molar-refractivity contribution in [3.8, 4) is 34.5 Å². The number of esters is 1. The minimum absolute atomic E-state index is 0.0258. The van der Waals surface area contributed by atoms with E-state index in [-0.39, 0.29) is 30.0 Å². The van der Waals surface area contributed by atoms with Gasteiger partial charge in [0, 0.05) is 12.1 Å². The third-order valence-corrected chi connectivity index (χ3v) is 9.39. The Morgan fingerprint density at radius 3 is 1.49 bits per heavy atom. The van der Waals surface area contributed by atoms with E-state index in [0.717, 1.165) is 37.0 Å². The Hall–Kier alpha value is -3.82. The quantitative estimate of drug-likeness (QED) is 0.286. The van der Waals surface area contributed by atoms with E-state index >= 15 is 0 Å². The number of carbonyl (C=O) groups is 2. The zero-order valence-electron chi connectivity index (χ0n) is 26.0. The van der Waals surface area contributed by atoms with Crippen molar-refractivity contribution in [2.45, 2.75) is 38.5 Å². The molecular weight excluding hydrogens is 554 g/mol. The molecule has 0 radical (unpaired) electrons. The normalized spacial score (nSPS) is 23.3. The molecule has 2 aromatic rings. The zero-order chi connectivity index (χ0) is 30.7. The fraction of sp³-hybridized carbons (Fsp3) is 0.576. The van der Waals surface area contributed by atoms with Crippen LogP contribution in [-0.2, 0) is 4.74 Å². The maximum Gasteiger partial charge on any atom is 0.338 e. The molecule has 4 fully saturated rings. The first-order valence-corrected chi connectivity index (χ1v) is 14.8. The summed E-state index contributed by atoms with van der Waals surface area (Å²) in [4.78, 5) is 29.1. The highest BCUT2D eigenvalue weighted by Crippen LogP contribution is 2.60. The molecule has 0 spiro atoms. The van der Waals surface area contributed by atoms with Crippen LogP contribution in [-0.4, -0.2) is 79.1 Å². The van der Waals surface area contributed by atoms with Crippen LogP contribution in [0.1, 0.15) is 59.2 Å².